The van der Waals surface area contributed by atoms with E-state index < -0.39 is 11.9 Å². The first kappa shape index (κ1) is 17.2. The number of carboxylic acid groups (broad SMARTS) is 1. The SMILES string of the molecule is CC(CN(C)CC(=O)Nc1cc(C(C)(C)C)no1)C(=O)O. The van der Waals surface area contributed by atoms with Crippen molar-refractivity contribution in [3.05, 3.63) is 11.8 Å². The zero-order valence-corrected chi connectivity index (χ0v) is 13.1. The predicted octanol–water partition coefficient (Wildman–Crippen LogP) is 1.56. The number of hydrogen-bond acceptors (Lipinski definition) is 5. The van der Waals surface area contributed by atoms with Crippen LogP contribution in [0.5, 0.6) is 0 Å². The molecule has 0 aliphatic rings. The van der Waals surface area contributed by atoms with Crippen LogP contribution < -0.4 is 5.32 Å². The number of anilines is 1. The largest absolute Gasteiger partial charge is 0.481 e. The van der Waals surface area contributed by atoms with Crippen LogP contribution in [0.1, 0.15) is 33.4 Å². The summed E-state index contributed by atoms with van der Waals surface area (Å²) in [6.45, 7) is 7.98. The molecule has 1 amide bonds. The van der Waals surface area contributed by atoms with Gasteiger partial charge in [0.25, 0.3) is 0 Å². The highest BCUT2D eigenvalue weighted by Gasteiger charge is 2.20. The normalized spacial score (nSPS) is 13.2. The lowest BCUT2D eigenvalue weighted by Crippen LogP contribution is -2.35. The summed E-state index contributed by atoms with van der Waals surface area (Å²) in [5.41, 5.74) is 0.603. The number of aliphatic carboxylic acids is 1. The second kappa shape index (κ2) is 6.71. The third-order valence-electron chi connectivity index (χ3n) is 2.96. The van der Waals surface area contributed by atoms with Crippen LogP contribution in [-0.4, -0.2) is 47.2 Å². The molecule has 1 unspecified atom stereocenters. The molecule has 21 heavy (non-hydrogen) atoms. The van der Waals surface area contributed by atoms with E-state index >= 15 is 0 Å². The van der Waals surface area contributed by atoms with Crippen molar-refractivity contribution in [1.82, 2.24) is 10.1 Å². The molecule has 0 saturated heterocycles. The van der Waals surface area contributed by atoms with Gasteiger partial charge in [-0.05, 0) is 7.05 Å². The first-order valence-corrected chi connectivity index (χ1v) is 6.78. The molecule has 0 spiro atoms. The number of carbonyl (C=O) groups excluding carboxylic acids is 1. The number of nitrogens with zero attached hydrogens (tertiary/aromatic N) is 2. The Balaban J connectivity index is 2.50. The van der Waals surface area contributed by atoms with Crippen molar-refractivity contribution in [2.24, 2.45) is 5.92 Å². The molecule has 1 aromatic rings. The smallest absolute Gasteiger partial charge is 0.307 e. The monoisotopic (exact) mass is 297 g/mol. The molecule has 1 aromatic heterocycles. The van der Waals surface area contributed by atoms with E-state index in [1.165, 1.54) is 0 Å². The van der Waals surface area contributed by atoms with Crippen LogP contribution in [-0.2, 0) is 15.0 Å². The maximum absolute atomic E-state index is 11.8. The number of nitrogens with one attached hydrogen (secondary N) is 1. The molecule has 2 N–H and O–H groups in total. The van der Waals surface area contributed by atoms with Crippen molar-refractivity contribution in [3.63, 3.8) is 0 Å². The Morgan fingerprint density at radius 2 is 2.10 bits per heavy atom. The molecule has 0 saturated carbocycles. The maximum Gasteiger partial charge on any atom is 0.307 e. The van der Waals surface area contributed by atoms with Gasteiger partial charge in [0.05, 0.1) is 18.2 Å². The Bertz CT molecular complexity index is 505. The summed E-state index contributed by atoms with van der Waals surface area (Å²) in [5, 5.41) is 15.3. The molecule has 0 radical (unpaired) electrons. The minimum Gasteiger partial charge on any atom is -0.481 e. The Morgan fingerprint density at radius 3 is 2.57 bits per heavy atom. The lowest BCUT2D eigenvalue weighted by Gasteiger charge is -2.17. The van der Waals surface area contributed by atoms with Gasteiger partial charge in [0.1, 0.15) is 0 Å². The van der Waals surface area contributed by atoms with Crippen LogP contribution in [0.3, 0.4) is 0 Å². The Morgan fingerprint density at radius 1 is 1.48 bits per heavy atom. The van der Waals surface area contributed by atoms with Crippen LogP contribution in [0.25, 0.3) is 0 Å². The predicted molar refractivity (Wildman–Crippen MR) is 78.1 cm³/mol. The summed E-state index contributed by atoms with van der Waals surface area (Å²) >= 11 is 0. The number of amides is 1. The molecule has 1 heterocycles. The van der Waals surface area contributed by atoms with Crippen LogP contribution >= 0.6 is 0 Å². The van der Waals surface area contributed by atoms with Gasteiger partial charge in [0, 0.05) is 18.0 Å². The van der Waals surface area contributed by atoms with Gasteiger partial charge in [-0.1, -0.05) is 32.9 Å². The summed E-state index contributed by atoms with van der Waals surface area (Å²) in [4.78, 5) is 24.3. The lowest BCUT2D eigenvalue weighted by atomic mass is 9.92. The molecule has 0 aliphatic heterocycles. The second-order valence-electron chi connectivity index (χ2n) is 6.31. The Labute approximate surface area is 124 Å². The summed E-state index contributed by atoms with van der Waals surface area (Å²) in [6, 6.07) is 1.69. The molecular weight excluding hydrogens is 274 g/mol. The van der Waals surface area contributed by atoms with E-state index in [0.717, 1.165) is 5.69 Å². The van der Waals surface area contributed by atoms with Gasteiger partial charge in [-0.3, -0.25) is 19.8 Å². The molecule has 0 aliphatic carbocycles. The average molecular weight is 297 g/mol. The van der Waals surface area contributed by atoms with Crippen molar-refractivity contribution in [3.8, 4) is 0 Å². The minimum absolute atomic E-state index is 0.0865. The van der Waals surface area contributed by atoms with Gasteiger partial charge < -0.3 is 9.63 Å². The van der Waals surface area contributed by atoms with Gasteiger partial charge in [-0.2, -0.15) is 0 Å². The number of aromatic nitrogens is 1. The topological polar surface area (TPSA) is 95.7 Å². The van der Waals surface area contributed by atoms with E-state index in [4.69, 9.17) is 9.63 Å². The average Bonchev–Trinajstić information content (AvgIpc) is 2.76. The van der Waals surface area contributed by atoms with Crippen molar-refractivity contribution in [2.75, 3.05) is 25.5 Å². The van der Waals surface area contributed by atoms with Crippen molar-refractivity contribution < 1.29 is 19.2 Å². The standard InChI is InChI=1S/C14H23N3O4/c1-9(13(19)20)7-17(5)8-11(18)15-12-6-10(16-21-12)14(2,3)4/h6,9H,7-8H2,1-5H3,(H,15,18)(H,19,20). The van der Waals surface area contributed by atoms with Crippen molar-refractivity contribution >= 4 is 17.8 Å². The van der Waals surface area contributed by atoms with Crippen molar-refractivity contribution in [2.45, 2.75) is 33.1 Å². The zero-order chi connectivity index (χ0) is 16.2. The van der Waals surface area contributed by atoms with Gasteiger partial charge in [0.15, 0.2) is 0 Å². The fraction of sp³-hybridized carbons (Fsp3) is 0.643. The van der Waals surface area contributed by atoms with Crippen LogP contribution in [0, 0.1) is 5.92 Å². The van der Waals surface area contributed by atoms with Gasteiger partial charge in [-0.15, -0.1) is 0 Å². The quantitative estimate of drug-likeness (QED) is 0.827. The second-order valence-corrected chi connectivity index (χ2v) is 6.31. The van der Waals surface area contributed by atoms with E-state index in [0.29, 0.717) is 12.4 Å². The van der Waals surface area contributed by atoms with E-state index in [9.17, 15) is 9.59 Å². The molecule has 0 fully saturated rings. The number of likely N-dealkylation sites (N-methyl/N-ethyl adjacent to an activating group) is 1. The molecule has 118 valence electrons. The minimum atomic E-state index is -0.882. The highest BCUT2D eigenvalue weighted by Crippen LogP contribution is 2.23. The van der Waals surface area contributed by atoms with Crippen LogP contribution in [0.2, 0.25) is 0 Å². The summed E-state index contributed by atoms with van der Waals surface area (Å²) < 4.78 is 5.07. The Kier molecular flexibility index (Phi) is 5.48. The number of carbonyl (C=O) groups is 2. The Hall–Kier alpha value is -1.89. The van der Waals surface area contributed by atoms with E-state index in [1.807, 2.05) is 20.8 Å². The first-order chi connectivity index (χ1) is 9.59. The first-order valence-electron chi connectivity index (χ1n) is 6.78. The summed E-state index contributed by atoms with van der Waals surface area (Å²) in [5.74, 6) is -1.39. The molecule has 1 atom stereocenters. The fourth-order valence-corrected chi connectivity index (χ4v) is 1.72. The van der Waals surface area contributed by atoms with Gasteiger partial charge in [-0.25, -0.2) is 0 Å². The summed E-state index contributed by atoms with van der Waals surface area (Å²) in [7, 11) is 1.69. The molecule has 0 bridgehead atoms. The third-order valence-corrected chi connectivity index (χ3v) is 2.96. The zero-order valence-electron chi connectivity index (χ0n) is 13.1. The van der Waals surface area contributed by atoms with Gasteiger partial charge >= 0.3 is 5.97 Å². The fourth-order valence-electron chi connectivity index (χ4n) is 1.72. The summed E-state index contributed by atoms with van der Waals surface area (Å²) in [6.07, 6.45) is 0. The molecule has 1 rings (SSSR count). The lowest BCUT2D eigenvalue weighted by molar-refractivity contribution is -0.141. The molecule has 7 heteroatoms. The number of hydrogen-bond donors (Lipinski definition) is 2. The van der Waals surface area contributed by atoms with Gasteiger partial charge in [0.2, 0.25) is 11.8 Å². The molecular formula is C14H23N3O4. The van der Waals surface area contributed by atoms with Crippen LogP contribution in [0.4, 0.5) is 5.88 Å². The van der Waals surface area contributed by atoms with Crippen molar-refractivity contribution in [1.29, 1.82) is 0 Å². The number of rotatable bonds is 6. The molecule has 0 aromatic carbocycles. The van der Waals surface area contributed by atoms with Crippen LogP contribution in [0.15, 0.2) is 10.6 Å². The third kappa shape index (κ3) is 5.55. The maximum atomic E-state index is 11.8. The molecule has 7 nitrogen and oxygen atoms in total. The van der Waals surface area contributed by atoms with E-state index in [2.05, 4.69) is 10.5 Å². The highest BCUT2D eigenvalue weighted by molar-refractivity contribution is 5.91. The van der Waals surface area contributed by atoms with E-state index in [1.54, 1.807) is 24.9 Å². The van der Waals surface area contributed by atoms with E-state index in [-0.39, 0.29) is 17.9 Å². The highest BCUT2D eigenvalue weighted by atomic mass is 16.5. The number of carboxylic acids is 1.